The zero-order valence-corrected chi connectivity index (χ0v) is 26.8. The van der Waals surface area contributed by atoms with Crippen LogP contribution in [0.5, 0.6) is 0 Å². The van der Waals surface area contributed by atoms with Gasteiger partial charge in [-0.05, 0) is 41.2 Å². The summed E-state index contributed by atoms with van der Waals surface area (Å²) in [5.74, 6) is 0. The SMILES string of the molecule is CC(CCCO[Si](c1ccccc1)(c1ccccc1)c1ccccc1)(C1=CC=CC1)C1=CC=CC1.[Cl-].[Cl-].[Zr+2]. The Hall–Kier alpha value is -1.74. The first-order chi connectivity index (χ1) is 17.2. The number of allylic oxidation sites excluding steroid dienone is 8. The van der Waals surface area contributed by atoms with Crippen LogP contribution in [0.25, 0.3) is 0 Å². The monoisotopic (exact) mass is 634 g/mol. The molecule has 0 unspecified atom stereocenters. The third-order valence-corrected chi connectivity index (χ3v) is 11.7. The molecule has 1 nitrogen and oxygen atoms in total. The molecule has 194 valence electrons. The van der Waals surface area contributed by atoms with Crippen LogP contribution in [0.4, 0.5) is 0 Å². The molecule has 2 aliphatic carbocycles. The van der Waals surface area contributed by atoms with E-state index in [4.69, 9.17) is 4.43 Å². The van der Waals surface area contributed by atoms with Crippen molar-refractivity contribution < 1.29 is 55.4 Å². The van der Waals surface area contributed by atoms with E-state index in [0.29, 0.717) is 0 Å². The molecule has 0 aliphatic heterocycles. The van der Waals surface area contributed by atoms with Crippen LogP contribution >= 0.6 is 0 Å². The molecule has 0 saturated carbocycles. The number of benzene rings is 3. The number of rotatable bonds is 10. The third-order valence-electron chi connectivity index (χ3n) is 7.64. The molecule has 0 N–H and O–H groups in total. The Morgan fingerprint density at radius 1 is 0.658 bits per heavy atom. The summed E-state index contributed by atoms with van der Waals surface area (Å²) >= 11 is 0. The number of hydrogen-bond donors (Lipinski definition) is 0. The molecular weight excluding hydrogens is 603 g/mol. The Kier molecular flexibility index (Phi) is 12.9. The first-order valence-electron chi connectivity index (χ1n) is 12.8. The largest absolute Gasteiger partial charge is 2.00 e. The zero-order valence-electron chi connectivity index (χ0n) is 21.8. The van der Waals surface area contributed by atoms with Crippen molar-refractivity contribution in [2.75, 3.05) is 6.61 Å². The predicted molar refractivity (Wildman–Crippen MR) is 151 cm³/mol. The second kappa shape index (κ2) is 15.2. The minimum Gasteiger partial charge on any atom is -1.00 e. The van der Waals surface area contributed by atoms with Gasteiger partial charge >= 0.3 is 26.2 Å². The van der Waals surface area contributed by atoms with Gasteiger partial charge in [-0.15, -0.1) is 0 Å². The molecule has 0 atom stereocenters. The maximum Gasteiger partial charge on any atom is 2.00 e. The summed E-state index contributed by atoms with van der Waals surface area (Å²) < 4.78 is 7.18. The second-order valence-corrected chi connectivity index (χ2v) is 13.1. The van der Waals surface area contributed by atoms with E-state index in [9.17, 15) is 0 Å². The third kappa shape index (κ3) is 6.69. The summed E-state index contributed by atoms with van der Waals surface area (Å²) in [5.41, 5.74) is 3.16. The van der Waals surface area contributed by atoms with E-state index in [-0.39, 0.29) is 56.4 Å². The van der Waals surface area contributed by atoms with E-state index in [0.717, 1.165) is 32.3 Å². The summed E-state index contributed by atoms with van der Waals surface area (Å²) in [7, 11) is -2.64. The first kappa shape index (κ1) is 32.5. The van der Waals surface area contributed by atoms with E-state index < -0.39 is 8.32 Å². The molecule has 0 aromatic heterocycles. The molecule has 0 fully saturated rings. The first-order valence-corrected chi connectivity index (χ1v) is 14.7. The van der Waals surface area contributed by atoms with Crippen LogP contribution in [0.3, 0.4) is 0 Å². The molecule has 0 radical (unpaired) electrons. The van der Waals surface area contributed by atoms with Gasteiger partial charge in [0.2, 0.25) is 0 Å². The molecule has 3 aromatic rings. The molecule has 38 heavy (non-hydrogen) atoms. The van der Waals surface area contributed by atoms with Gasteiger partial charge in [-0.1, -0.05) is 146 Å². The average molecular weight is 637 g/mol. The predicted octanol–water partition coefficient (Wildman–Crippen LogP) is 0.235. The summed E-state index contributed by atoms with van der Waals surface area (Å²) in [6.45, 7) is 3.17. The summed E-state index contributed by atoms with van der Waals surface area (Å²) in [6.07, 6.45) is 17.9. The van der Waals surface area contributed by atoms with Gasteiger partial charge in [-0.2, -0.15) is 0 Å². The van der Waals surface area contributed by atoms with Crippen molar-refractivity contribution >= 4 is 23.9 Å². The summed E-state index contributed by atoms with van der Waals surface area (Å²) in [6, 6.07) is 32.6. The van der Waals surface area contributed by atoms with Gasteiger partial charge in [0.25, 0.3) is 8.32 Å². The maximum absolute atomic E-state index is 7.18. The van der Waals surface area contributed by atoms with E-state index in [1.807, 2.05) is 0 Å². The normalized spacial score (nSPS) is 14.1. The fourth-order valence-electron chi connectivity index (χ4n) is 5.66. The van der Waals surface area contributed by atoms with Gasteiger partial charge in [0.1, 0.15) is 0 Å². The van der Waals surface area contributed by atoms with Crippen LogP contribution in [-0.2, 0) is 30.6 Å². The molecule has 0 heterocycles. The van der Waals surface area contributed by atoms with Gasteiger partial charge in [0.15, 0.2) is 0 Å². The van der Waals surface area contributed by atoms with Crippen LogP contribution in [0.1, 0.15) is 32.6 Å². The van der Waals surface area contributed by atoms with Gasteiger partial charge in [0.05, 0.1) is 0 Å². The molecule has 2 aliphatic rings. The zero-order chi connectivity index (χ0) is 24.0. The topological polar surface area (TPSA) is 9.23 Å². The molecule has 3 aromatic carbocycles. The molecule has 0 spiro atoms. The molecule has 0 saturated heterocycles. The smallest absolute Gasteiger partial charge is 1.00 e. The van der Waals surface area contributed by atoms with Crippen molar-refractivity contribution in [2.45, 2.75) is 32.6 Å². The minimum absolute atomic E-state index is 0. The van der Waals surface area contributed by atoms with Crippen molar-refractivity contribution in [2.24, 2.45) is 5.41 Å². The Morgan fingerprint density at radius 2 is 1.05 bits per heavy atom. The minimum atomic E-state index is -2.64. The van der Waals surface area contributed by atoms with Gasteiger partial charge in [-0.3, -0.25) is 0 Å². The molecule has 5 rings (SSSR count). The van der Waals surface area contributed by atoms with Crippen molar-refractivity contribution in [3.05, 3.63) is 139 Å². The Bertz CT molecular complexity index is 1130. The van der Waals surface area contributed by atoms with Crippen molar-refractivity contribution in [3.8, 4) is 0 Å². The van der Waals surface area contributed by atoms with E-state index in [1.165, 1.54) is 26.7 Å². The van der Waals surface area contributed by atoms with Gasteiger partial charge in [-0.25, -0.2) is 0 Å². The maximum atomic E-state index is 7.18. The number of halogens is 2. The van der Waals surface area contributed by atoms with Crippen molar-refractivity contribution in [3.63, 3.8) is 0 Å². The molecule has 0 bridgehead atoms. The van der Waals surface area contributed by atoms with Crippen LogP contribution in [-0.4, -0.2) is 14.9 Å². The van der Waals surface area contributed by atoms with Crippen molar-refractivity contribution in [1.29, 1.82) is 0 Å². The van der Waals surface area contributed by atoms with E-state index in [2.05, 4.69) is 134 Å². The van der Waals surface area contributed by atoms with Crippen LogP contribution in [0.2, 0.25) is 0 Å². The standard InChI is InChI=1S/C33H34OSi.2ClH.Zr/c1-33(28-16-11-12-17-28,29-18-13-14-19-29)26-15-27-34-35(30-20-5-2-6-21-30,31-22-7-3-8-23-31)32-24-9-4-10-25-32;;;/h2-14,16,18,20-25H,15,17,19,26-27H2,1H3;2*1H;/q;;;+2/p-2. The number of hydrogen-bond acceptors (Lipinski definition) is 1. The molecule has 5 heteroatoms. The molecular formula is C33H34Cl2OSiZr. The van der Waals surface area contributed by atoms with Gasteiger partial charge < -0.3 is 29.2 Å². The average Bonchev–Trinajstić information content (AvgIpc) is 3.66. The van der Waals surface area contributed by atoms with E-state index >= 15 is 0 Å². The van der Waals surface area contributed by atoms with E-state index in [1.54, 1.807) is 0 Å². The Labute approximate surface area is 260 Å². The second-order valence-electron chi connectivity index (χ2n) is 9.71. The fraction of sp³-hybridized carbons (Fsp3) is 0.212. The quantitative estimate of drug-likeness (QED) is 0.176. The fourth-order valence-corrected chi connectivity index (χ4v) is 9.60. The van der Waals surface area contributed by atoms with Crippen LogP contribution in [0, 0.1) is 5.41 Å². The van der Waals surface area contributed by atoms with Crippen LogP contribution in [0.15, 0.2) is 139 Å². The molecule has 0 amide bonds. The summed E-state index contributed by atoms with van der Waals surface area (Å²) in [4.78, 5) is 0. The Morgan fingerprint density at radius 3 is 1.39 bits per heavy atom. The van der Waals surface area contributed by atoms with Crippen LogP contribution < -0.4 is 40.4 Å². The Balaban J connectivity index is 0.00000169. The van der Waals surface area contributed by atoms with Gasteiger partial charge in [0, 0.05) is 12.0 Å². The van der Waals surface area contributed by atoms with Crippen molar-refractivity contribution in [1.82, 2.24) is 0 Å². The summed E-state index contributed by atoms with van der Waals surface area (Å²) in [5, 5.41) is 3.89.